The third kappa shape index (κ3) is 2.82. The van der Waals surface area contributed by atoms with Crippen molar-refractivity contribution in [1.29, 1.82) is 0 Å². The van der Waals surface area contributed by atoms with E-state index in [2.05, 4.69) is 33.8 Å². The lowest BCUT2D eigenvalue weighted by molar-refractivity contribution is -0.0571. The zero-order chi connectivity index (χ0) is 18.7. The van der Waals surface area contributed by atoms with E-state index in [-0.39, 0.29) is 12.2 Å². The molecule has 0 aliphatic heterocycles. The highest BCUT2D eigenvalue weighted by Crippen LogP contribution is 2.66. The van der Waals surface area contributed by atoms with Crippen molar-refractivity contribution in [3.05, 3.63) is 11.6 Å². The average molecular weight is 361 g/mol. The lowest BCUT2D eigenvalue weighted by atomic mass is 9.47. The normalized spacial score (nSPS) is 49.2. The van der Waals surface area contributed by atoms with Crippen LogP contribution in [0, 0.1) is 40.4 Å². The number of hydrogen-bond donors (Lipinski definition) is 2. The molecule has 0 aromatic heterocycles. The molecule has 3 saturated carbocycles. The maximum atomic E-state index is 10.5. The number of fused-ring (bicyclic) bond motifs is 5. The highest BCUT2D eigenvalue weighted by molar-refractivity contribution is 5.25. The van der Waals surface area contributed by atoms with Crippen LogP contribution in [0.4, 0.5) is 0 Å². The lowest BCUT2D eigenvalue weighted by Gasteiger charge is -2.58. The first-order chi connectivity index (χ1) is 12.3. The third-order valence-electron chi connectivity index (χ3n) is 9.57. The third-order valence-corrected chi connectivity index (χ3v) is 9.57. The molecule has 0 saturated heterocycles. The summed E-state index contributed by atoms with van der Waals surface area (Å²) in [6.07, 6.45) is 13.0. The first-order valence-electron chi connectivity index (χ1n) is 11.3. The van der Waals surface area contributed by atoms with Crippen LogP contribution in [0.5, 0.6) is 0 Å². The minimum atomic E-state index is -0.136. The molecule has 8 atom stereocenters. The molecule has 2 nitrogen and oxygen atoms in total. The van der Waals surface area contributed by atoms with Crippen molar-refractivity contribution in [2.45, 2.75) is 97.7 Å². The predicted octanol–water partition coefficient (Wildman–Crippen LogP) is 5.33. The smallest absolute Gasteiger partial charge is 0.0577 e. The molecule has 0 heterocycles. The van der Waals surface area contributed by atoms with E-state index in [0.717, 1.165) is 37.0 Å². The fraction of sp³-hybridized carbons (Fsp3) is 0.917. The topological polar surface area (TPSA) is 40.5 Å². The largest absolute Gasteiger partial charge is 0.393 e. The fourth-order valence-electron chi connectivity index (χ4n) is 7.70. The minimum Gasteiger partial charge on any atom is -0.393 e. The lowest BCUT2D eigenvalue weighted by Crippen LogP contribution is -2.50. The Kier molecular flexibility index (Phi) is 4.84. The first-order valence-corrected chi connectivity index (χ1v) is 11.3. The van der Waals surface area contributed by atoms with Crippen LogP contribution in [-0.2, 0) is 0 Å². The Morgan fingerprint density at radius 1 is 1.08 bits per heavy atom. The summed E-state index contributed by atoms with van der Waals surface area (Å²) in [6.45, 7) is 9.38. The molecule has 4 rings (SSSR count). The summed E-state index contributed by atoms with van der Waals surface area (Å²) in [6, 6.07) is 0. The highest BCUT2D eigenvalue weighted by atomic mass is 16.3. The quantitative estimate of drug-likeness (QED) is 0.668. The van der Waals surface area contributed by atoms with Crippen LogP contribution in [0.2, 0.25) is 0 Å². The van der Waals surface area contributed by atoms with E-state index in [1.165, 1.54) is 38.5 Å². The van der Waals surface area contributed by atoms with Crippen molar-refractivity contribution in [2.75, 3.05) is 0 Å². The van der Waals surface area contributed by atoms with Crippen LogP contribution in [0.25, 0.3) is 0 Å². The first kappa shape index (κ1) is 19.0. The number of aliphatic hydroxyl groups excluding tert-OH is 2. The SMILES string of the molecule is CC(C)C(O)CC1CCC2C3CC=C4CC(O)CC[C@]4(C)C3CCC12C. The Morgan fingerprint density at radius 2 is 1.85 bits per heavy atom. The molecule has 0 aromatic carbocycles. The van der Waals surface area contributed by atoms with E-state index in [1.54, 1.807) is 5.57 Å². The molecule has 148 valence electrons. The van der Waals surface area contributed by atoms with Crippen molar-refractivity contribution < 1.29 is 10.2 Å². The second-order valence-electron chi connectivity index (χ2n) is 11.0. The van der Waals surface area contributed by atoms with Gasteiger partial charge in [-0.3, -0.25) is 0 Å². The van der Waals surface area contributed by atoms with Crippen LogP contribution in [0.1, 0.15) is 85.5 Å². The van der Waals surface area contributed by atoms with Crippen molar-refractivity contribution >= 4 is 0 Å². The van der Waals surface area contributed by atoms with E-state index >= 15 is 0 Å². The Labute approximate surface area is 160 Å². The summed E-state index contributed by atoms with van der Waals surface area (Å²) in [5.74, 6) is 3.58. The van der Waals surface area contributed by atoms with Gasteiger partial charge < -0.3 is 10.2 Å². The molecule has 3 fully saturated rings. The maximum Gasteiger partial charge on any atom is 0.0577 e. The van der Waals surface area contributed by atoms with Gasteiger partial charge in [0.1, 0.15) is 0 Å². The minimum absolute atomic E-state index is 0.104. The summed E-state index contributed by atoms with van der Waals surface area (Å²) in [5.41, 5.74) is 2.36. The van der Waals surface area contributed by atoms with Crippen molar-refractivity contribution in [1.82, 2.24) is 0 Å². The standard InChI is InChI=1S/C24H40O2/c1-15(2)22(26)14-17-6-8-20-19-7-5-16-13-18(25)9-11-23(16,3)21(19)10-12-24(17,20)4/h5,15,17-22,25-26H,6-14H2,1-4H3/t17?,18?,19?,20?,21?,22?,23-,24?/m0/s1. The average Bonchev–Trinajstić information content (AvgIpc) is 2.92. The Balaban J connectivity index is 1.56. The summed E-state index contributed by atoms with van der Waals surface area (Å²) in [7, 11) is 0. The summed E-state index contributed by atoms with van der Waals surface area (Å²) in [5, 5.41) is 20.7. The summed E-state index contributed by atoms with van der Waals surface area (Å²) < 4.78 is 0. The Morgan fingerprint density at radius 3 is 2.58 bits per heavy atom. The highest BCUT2D eigenvalue weighted by Gasteiger charge is 2.58. The van der Waals surface area contributed by atoms with Gasteiger partial charge in [-0.25, -0.2) is 0 Å². The molecular formula is C24H40O2. The molecule has 4 aliphatic carbocycles. The molecule has 7 unspecified atom stereocenters. The van der Waals surface area contributed by atoms with Gasteiger partial charge >= 0.3 is 0 Å². The predicted molar refractivity (Wildman–Crippen MR) is 107 cm³/mol. The molecule has 0 aromatic rings. The van der Waals surface area contributed by atoms with Crippen molar-refractivity contribution in [3.8, 4) is 0 Å². The van der Waals surface area contributed by atoms with E-state index in [4.69, 9.17) is 0 Å². The van der Waals surface area contributed by atoms with Crippen LogP contribution < -0.4 is 0 Å². The van der Waals surface area contributed by atoms with Gasteiger partial charge in [-0.1, -0.05) is 39.3 Å². The molecule has 0 bridgehead atoms. The number of rotatable bonds is 3. The molecule has 0 amide bonds. The van der Waals surface area contributed by atoms with Gasteiger partial charge in [0, 0.05) is 0 Å². The molecule has 2 N–H and O–H groups in total. The molecule has 0 radical (unpaired) electrons. The second-order valence-corrected chi connectivity index (χ2v) is 11.0. The van der Waals surface area contributed by atoms with Crippen LogP contribution in [0.15, 0.2) is 11.6 Å². The van der Waals surface area contributed by atoms with Crippen LogP contribution in [0.3, 0.4) is 0 Å². The molecule has 4 aliphatic rings. The Bertz CT molecular complexity index is 567. The Hall–Kier alpha value is -0.340. The van der Waals surface area contributed by atoms with Crippen LogP contribution in [-0.4, -0.2) is 22.4 Å². The van der Waals surface area contributed by atoms with Crippen molar-refractivity contribution in [3.63, 3.8) is 0 Å². The van der Waals surface area contributed by atoms with E-state index < -0.39 is 0 Å². The number of hydrogen-bond acceptors (Lipinski definition) is 2. The second kappa shape index (κ2) is 6.62. The van der Waals surface area contributed by atoms with Gasteiger partial charge in [0.2, 0.25) is 0 Å². The number of aliphatic hydroxyl groups is 2. The van der Waals surface area contributed by atoms with Gasteiger partial charge in [0.05, 0.1) is 12.2 Å². The molecule has 2 heteroatoms. The van der Waals surface area contributed by atoms with E-state index in [1.807, 2.05) is 0 Å². The van der Waals surface area contributed by atoms with Gasteiger partial charge in [0.25, 0.3) is 0 Å². The zero-order valence-electron chi connectivity index (χ0n) is 17.4. The molecule has 26 heavy (non-hydrogen) atoms. The molecular weight excluding hydrogens is 320 g/mol. The number of allylic oxidation sites excluding steroid dienone is 1. The van der Waals surface area contributed by atoms with Gasteiger partial charge in [0.15, 0.2) is 0 Å². The van der Waals surface area contributed by atoms with Crippen molar-refractivity contribution in [2.24, 2.45) is 40.4 Å². The monoisotopic (exact) mass is 360 g/mol. The summed E-state index contributed by atoms with van der Waals surface area (Å²) in [4.78, 5) is 0. The van der Waals surface area contributed by atoms with Gasteiger partial charge in [-0.2, -0.15) is 0 Å². The maximum absolute atomic E-state index is 10.5. The van der Waals surface area contributed by atoms with Gasteiger partial charge in [-0.05, 0) is 98.2 Å². The fourth-order valence-corrected chi connectivity index (χ4v) is 7.70. The zero-order valence-corrected chi connectivity index (χ0v) is 17.4. The van der Waals surface area contributed by atoms with Crippen LogP contribution >= 0.6 is 0 Å². The van der Waals surface area contributed by atoms with E-state index in [9.17, 15) is 10.2 Å². The molecule has 0 spiro atoms. The summed E-state index contributed by atoms with van der Waals surface area (Å²) >= 11 is 0. The van der Waals surface area contributed by atoms with E-state index in [0.29, 0.717) is 22.7 Å². The van der Waals surface area contributed by atoms with Gasteiger partial charge in [-0.15, -0.1) is 0 Å².